The van der Waals surface area contributed by atoms with Crippen molar-refractivity contribution in [3.63, 3.8) is 0 Å². The lowest BCUT2D eigenvalue weighted by Gasteiger charge is -2.34. The first-order valence-electron chi connectivity index (χ1n) is 8.58. The maximum absolute atomic E-state index is 12.4. The highest BCUT2D eigenvalue weighted by Gasteiger charge is 2.25. The zero-order valence-electron chi connectivity index (χ0n) is 14.6. The van der Waals surface area contributed by atoms with E-state index in [2.05, 4.69) is 11.4 Å². The molecule has 0 saturated carbocycles. The lowest BCUT2D eigenvalue weighted by atomic mass is 9.89. The summed E-state index contributed by atoms with van der Waals surface area (Å²) in [6.07, 6.45) is 1.92. The van der Waals surface area contributed by atoms with E-state index in [4.69, 9.17) is 28.6 Å². The molecule has 1 amide bonds. The molecule has 1 aliphatic rings. The average Bonchev–Trinajstić information content (AvgIpc) is 2.68. The second-order valence-electron chi connectivity index (χ2n) is 6.24. The summed E-state index contributed by atoms with van der Waals surface area (Å²) in [5.41, 5.74) is 1.67. The second kappa shape index (κ2) is 8.52. The summed E-state index contributed by atoms with van der Waals surface area (Å²) in [6.45, 7) is 1.59. The van der Waals surface area contributed by atoms with E-state index in [9.17, 15) is 4.79 Å². The maximum Gasteiger partial charge on any atom is 0.258 e. The van der Waals surface area contributed by atoms with Gasteiger partial charge in [0.2, 0.25) is 0 Å². The predicted octanol–water partition coefficient (Wildman–Crippen LogP) is 4.24. The molecule has 0 spiro atoms. The van der Waals surface area contributed by atoms with Gasteiger partial charge < -0.3 is 9.64 Å². The van der Waals surface area contributed by atoms with Crippen LogP contribution in [0.2, 0.25) is 5.02 Å². The Morgan fingerprint density at radius 2 is 1.81 bits per heavy atom. The highest BCUT2D eigenvalue weighted by Crippen LogP contribution is 2.34. The van der Waals surface area contributed by atoms with E-state index in [1.54, 1.807) is 31.4 Å². The summed E-state index contributed by atoms with van der Waals surface area (Å²) < 4.78 is 5.48. The minimum absolute atomic E-state index is 0.271. The number of thiocarbonyl (C=S) groups is 1. The molecule has 3 rings (SSSR count). The van der Waals surface area contributed by atoms with Gasteiger partial charge >= 0.3 is 0 Å². The molecule has 136 valence electrons. The number of ether oxygens (including phenoxy) is 1. The molecule has 0 radical (unpaired) electrons. The molecule has 2 aromatic rings. The molecule has 1 N–H and O–H groups in total. The number of nitrogens with one attached hydrogen (secondary N) is 1. The molecular formula is C20H21ClN2O2S. The van der Waals surface area contributed by atoms with Gasteiger partial charge in [-0.1, -0.05) is 41.9 Å². The van der Waals surface area contributed by atoms with Gasteiger partial charge in [0.15, 0.2) is 5.11 Å². The van der Waals surface area contributed by atoms with Crippen LogP contribution in [0, 0.1) is 0 Å². The van der Waals surface area contributed by atoms with E-state index in [-0.39, 0.29) is 5.91 Å². The number of piperidine rings is 1. The molecule has 1 heterocycles. The zero-order valence-corrected chi connectivity index (χ0v) is 16.1. The van der Waals surface area contributed by atoms with Gasteiger partial charge in [-0.25, -0.2) is 0 Å². The van der Waals surface area contributed by atoms with Gasteiger partial charge in [0, 0.05) is 13.1 Å². The molecule has 2 aromatic carbocycles. The number of hydrogen-bond donors (Lipinski definition) is 1. The van der Waals surface area contributed by atoms with Gasteiger partial charge in [-0.3, -0.25) is 10.1 Å². The standard InChI is InChI=1S/C20H21ClN2O2S/c1-25-18-9-5-3-6-15(18)14-10-12-23(13-11-14)20(26)22-19(24)16-7-2-4-8-17(16)21/h2-9,14H,10-13H2,1H3,(H,22,24,26). The van der Waals surface area contributed by atoms with Gasteiger partial charge in [-0.15, -0.1) is 0 Å². The molecule has 6 heteroatoms. The number of likely N-dealkylation sites (tertiary alicyclic amines) is 1. The fraction of sp³-hybridized carbons (Fsp3) is 0.300. The third kappa shape index (κ3) is 4.17. The molecule has 0 bridgehead atoms. The van der Waals surface area contributed by atoms with Crippen LogP contribution in [-0.2, 0) is 0 Å². The SMILES string of the molecule is COc1ccccc1C1CCN(C(=S)NC(=O)c2ccccc2Cl)CC1. The van der Waals surface area contributed by atoms with E-state index in [1.165, 1.54) is 5.56 Å². The van der Waals surface area contributed by atoms with Crippen molar-refractivity contribution in [3.8, 4) is 5.75 Å². The number of halogens is 1. The number of carbonyl (C=O) groups excluding carboxylic acids is 1. The first-order chi connectivity index (χ1) is 12.6. The Hall–Kier alpha value is -2.11. The summed E-state index contributed by atoms with van der Waals surface area (Å²) in [6, 6.07) is 15.1. The Morgan fingerprint density at radius 3 is 2.50 bits per heavy atom. The Bertz CT molecular complexity index is 804. The van der Waals surface area contributed by atoms with Crippen molar-refractivity contribution in [2.75, 3.05) is 20.2 Å². The van der Waals surface area contributed by atoms with Crippen molar-refractivity contribution in [2.24, 2.45) is 0 Å². The van der Waals surface area contributed by atoms with Crippen LogP contribution in [0.25, 0.3) is 0 Å². The van der Waals surface area contributed by atoms with Crippen molar-refractivity contribution < 1.29 is 9.53 Å². The molecule has 26 heavy (non-hydrogen) atoms. The topological polar surface area (TPSA) is 41.6 Å². The van der Waals surface area contributed by atoms with Crippen molar-refractivity contribution in [1.29, 1.82) is 0 Å². The minimum Gasteiger partial charge on any atom is -0.496 e. The predicted molar refractivity (Wildman–Crippen MR) is 108 cm³/mol. The molecule has 1 fully saturated rings. The van der Waals surface area contributed by atoms with E-state index in [1.807, 2.05) is 23.1 Å². The summed E-state index contributed by atoms with van der Waals surface area (Å²) in [5.74, 6) is 1.09. The number of amides is 1. The van der Waals surface area contributed by atoms with Crippen LogP contribution < -0.4 is 10.1 Å². The Morgan fingerprint density at radius 1 is 1.15 bits per heavy atom. The molecule has 0 unspecified atom stereocenters. The molecule has 0 aliphatic carbocycles. The highest BCUT2D eigenvalue weighted by molar-refractivity contribution is 7.80. The van der Waals surface area contributed by atoms with Crippen molar-refractivity contribution in [3.05, 3.63) is 64.7 Å². The van der Waals surface area contributed by atoms with Gasteiger partial charge in [0.05, 0.1) is 17.7 Å². The van der Waals surface area contributed by atoms with Crippen LogP contribution in [-0.4, -0.2) is 36.1 Å². The highest BCUT2D eigenvalue weighted by atomic mass is 35.5. The lowest BCUT2D eigenvalue weighted by molar-refractivity contribution is 0.0972. The zero-order chi connectivity index (χ0) is 18.5. The number of carbonyl (C=O) groups is 1. The fourth-order valence-electron chi connectivity index (χ4n) is 3.29. The van der Waals surface area contributed by atoms with Crippen LogP contribution in [0.15, 0.2) is 48.5 Å². The molecule has 4 nitrogen and oxygen atoms in total. The summed E-state index contributed by atoms with van der Waals surface area (Å²) in [7, 11) is 1.70. The second-order valence-corrected chi connectivity index (χ2v) is 7.04. The first kappa shape index (κ1) is 18.7. The van der Waals surface area contributed by atoms with Gasteiger partial charge in [-0.05, 0) is 54.7 Å². The van der Waals surface area contributed by atoms with Crippen LogP contribution in [0.5, 0.6) is 5.75 Å². The largest absolute Gasteiger partial charge is 0.496 e. The maximum atomic E-state index is 12.4. The Balaban J connectivity index is 1.59. The summed E-state index contributed by atoms with van der Waals surface area (Å²) in [4.78, 5) is 14.4. The van der Waals surface area contributed by atoms with Gasteiger partial charge in [0.1, 0.15) is 5.75 Å². The van der Waals surface area contributed by atoms with Crippen molar-refractivity contribution in [1.82, 2.24) is 10.2 Å². The average molecular weight is 389 g/mol. The van der Waals surface area contributed by atoms with Crippen molar-refractivity contribution in [2.45, 2.75) is 18.8 Å². The monoisotopic (exact) mass is 388 g/mol. The summed E-state index contributed by atoms with van der Waals surface area (Å²) >= 11 is 11.5. The fourth-order valence-corrected chi connectivity index (χ4v) is 3.78. The number of rotatable bonds is 3. The molecule has 0 atom stereocenters. The smallest absolute Gasteiger partial charge is 0.258 e. The van der Waals surface area contributed by atoms with Gasteiger partial charge in [-0.2, -0.15) is 0 Å². The van der Waals surface area contributed by atoms with Crippen LogP contribution in [0.3, 0.4) is 0 Å². The first-order valence-corrected chi connectivity index (χ1v) is 9.36. The van der Waals surface area contributed by atoms with Gasteiger partial charge in [0.25, 0.3) is 5.91 Å². The number of benzene rings is 2. The number of hydrogen-bond acceptors (Lipinski definition) is 3. The minimum atomic E-state index is -0.271. The quantitative estimate of drug-likeness (QED) is 0.798. The van der Waals surface area contributed by atoms with Crippen LogP contribution in [0.1, 0.15) is 34.7 Å². The Labute approximate surface area is 164 Å². The molecule has 1 aliphatic heterocycles. The van der Waals surface area contributed by atoms with Crippen molar-refractivity contribution >= 4 is 34.8 Å². The molecular weight excluding hydrogens is 368 g/mol. The van der Waals surface area contributed by atoms with E-state index in [0.29, 0.717) is 21.6 Å². The third-order valence-corrected chi connectivity index (χ3v) is 5.39. The number of methoxy groups -OCH3 is 1. The number of para-hydroxylation sites is 1. The van der Waals surface area contributed by atoms with Crippen LogP contribution >= 0.6 is 23.8 Å². The number of nitrogens with zero attached hydrogens (tertiary/aromatic N) is 1. The lowest BCUT2D eigenvalue weighted by Crippen LogP contribution is -2.46. The van der Waals surface area contributed by atoms with Crippen LogP contribution in [0.4, 0.5) is 0 Å². The molecule has 0 aromatic heterocycles. The van der Waals surface area contributed by atoms with E-state index < -0.39 is 0 Å². The Kier molecular flexibility index (Phi) is 6.12. The molecule has 1 saturated heterocycles. The van der Waals surface area contributed by atoms with E-state index >= 15 is 0 Å². The summed E-state index contributed by atoms with van der Waals surface area (Å²) in [5, 5.41) is 3.66. The third-order valence-electron chi connectivity index (χ3n) is 4.70. The van der Waals surface area contributed by atoms with E-state index in [0.717, 1.165) is 31.7 Å². The normalized spacial score (nSPS) is 14.8.